The smallest absolute Gasteiger partial charge is 0.191 e. The lowest BCUT2D eigenvalue weighted by Gasteiger charge is -2.18. The summed E-state index contributed by atoms with van der Waals surface area (Å²) in [6, 6.07) is 7.60. The zero-order valence-corrected chi connectivity index (χ0v) is 19.1. The molecule has 1 saturated heterocycles. The number of nitrogens with one attached hydrogen (secondary N) is 2. The predicted octanol–water partition coefficient (Wildman–Crippen LogP) is 2.58. The summed E-state index contributed by atoms with van der Waals surface area (Å²) in [5.74, 6) is 1.81. The number of nitrogens with zero attached hydrogens (tertiary/aromatic N) is 1. The maximum Gasteiger partial charge on any atom is 0.191 e. The van der Waals surface area contributed by atoms with Gasteiger partial charge in [0.15, 0.2) is 15.8 Å². The van der Waals surface area contributed by atoms with E-state index in [4.69, 9.17) is 4.74 Å². The van der Waals surface area contributed by atoms with Gasteiger partial charge in [0, 0.05) is 12.6 Å². The van der Waals surface area contributed by atoms with Crippen molar-refractivity contribution >= 4 is 55.7 Å². The molecule has 0 bridgehead atoms. The number of para-hydroxylation sites is 1. The van der Waals surface area contributed by atoms with Gasteiger partial charge < -0.3 is 15.4 Å². The van der Waals surface area contributed by atoms with Gasteiger partial charge in [-0.15, -0.1) is 24.0 Å². The Morgan fingerprint density at radius 2 is 2.16 bits per heavy atom. The molecule has 25 heavy (non-hydrogen) atoms. The van der Waals surface area contributed by atoms with E-state index < -0.39 is 9.84 Å². The van der Waals surface area contributed by atoms with Crippen LogP contribution in [0.1, 0.15) is 20.3 Å². The number of halogens is 2. The van der Waals surface area contributed by atoms with E-state index >= 15 is 0 Å². The van der Waals surface area contributed by atoms with Crippen LogP contribution in [0.5, 0.6) is 5.75 Å². The van der Waals surface area contributed by atoms with Crippen molar-refractivity contribution in [1.82, 2.24) is 10.6 Å². The van der Waals surface area contributed by atoms with Crippen LogP contribution in [0.2, 0.25) is 0 Å². The van der Waals surface area contributed by atoms with Crippen LogP contribution in [0.15, 0.2) is 33.7 Å². The SMILES string of the molecule is CCNC(=NCC(C)Oc1ccccc1Br)NC1CCS(=O)(=O)C1.I. The van der Waals surface area contributed by atoms with E-state index in [1.54, 1.807) is 0 Å². The number of rotatable bonds is 6. The summed E-state index contributed by atoms with van der Waals surface area (Å²) in [6.45, 7) is 5.11. The molecule has 1 aromatic rings. The Balaban J connectivity index is 0.00000312. The molecule has 1 fully saturated rings. The molecule has 1 heterocycles. The molecule has 0 radical (unpaired) electrons. The Bertz CT molecular complexity index is 685. The number of aliphatic imine (C=N–C) groups is 1. The fourth-order valence-corrected chi connectivity index (χ4v) is 4.49. The normalized spacial score (nSPS) is 20.4. The Morgan fingerprint density at radius 3 is 2.76 bits per heavy atom. The summed E-state index contributed by atoms with van der Waals surface area (Å²) in [5.41, 5.74) is 0. The van der Waals surface area contributed by atoms with Crippen LogP contribution in [0.25, 0.3) is 0 Å². The summed E-state index contributed by atoms with van der Waals surface area (Å²) in [4.78, 5) is 4.51. The summed E-state index contributed by atoms with van der Waals surface area (Å²) in [5, 5.41) is 6.34. The van der Waals surface area contributed by atoms with Crippen LogP contribution in [0.4, 0.5) is 0 Å². The van der Waals surface area contributed by atoms with Gasteiger partial charge in [-0.3, -0.25) is 0 Å². The largest absolute Gasteiger partial charge is 0.488 e. The standard InChI is InChI=1S/C16H24BrN3O3S.HI/c1-3-18-16(20-13-8-9-24(21,22)11-13)19-10-12(2)23-15-7-5-4-6-14(15)17;/h4-7,12-13H,3,8-11H2,1-2H3,(H2,18,19,20);1H. The van der Waals surface area contributed by atoms with Crippen molar-refractivity contribution in [1.29, 1.82) is 0 Å². The van der Waals surface area contributed by atoms with Gasteiger partial charge in [0.2, 0.25) is 0 Å². The molecule has 1 aliphatic rings. The molecule has 9 heteroatoms. The molecule has 6 nitrogen and oxygen atoms in total. The molecule has 2 rings (SSSR count). The number of hydrogen-bond acceptors (Lipinski definition) is 4. The van der Waals surface area contributed by atoms with Gasteiger partial charge in [0.25, 0.3) is 0 Å². The van der Waals surface area contributed by atoms with Crippen molar-refractivity contribution in [3.05, 3.63) is 28.7 Å². The second kappa shape index (κ2) is 10.6. The maximum absolute atomic E-state index is 11.6. The first-order valence-corrected chi connectivity index (χ1v) is 10.7. The van der Waals surface area contributed by atoms with E-state index in [1.165, 1.54) is 0 Å². The van der Waals surface area contributed by atoms with Gasteiger partial charge >= 0.3 is 0 Å². The van der Waals surface area contributed by atoms with E-state index in [2.05, 4.69) is 31.6 Å². The van der Waals surface area contributed by atoms with Crippen molar-refractivity contribution in [2.45, 2.75) is 32.4 Å². The Labute approximate surface area is 175 Å². The number of hydrogen-bond donors (Lipinski definition) is 2. The Morgan fingerprint density at radius 1 is 1.44 bits per heavy atom. The van der Waals surface area contributed by atoms with Gasteiger partial charge in [0.05, 0.1) is 22.5 Å². The third-order valence-electron chi connectivity index (χ3n) is 3.59. The van der Waals surface area contributed by atoms with Crippen molar-refractivity contribution in [2.24, 2.45) is 4.99 Å². The highest BCUT2D eigenvalue weighted by Crippen LogP contribution is 2.24. The summed E-state index contributed by atoms with van der Waals surface area (Å²) in [6.07, 6.45) is 0.516. The fraction of sp³-hybridized carbons (Fsp3) is 0.562. The van der Waals surface area contributed by atoms with Gasteiger partial charge in [-0.1, -0.05) is 12.1 Å². The molecular weight excluding hydrogens is 521 g/mol. The first-order chi connectivity index (χ1) is 11.4. The number of sulfone groups is 1. The fourth-order valence-electron chi connectivity index (χ4n) is 2.44. The average molecular weight is 546 g/mol. The van der Waals surface area contributed by atoms with Crippen molar-refractivity contribution in [3.63, 3.8) is 0 Å². The lowest BCUT2D eigenvalue weighted by atomic mass is 10.3. The molecular formula is C16H25BrIN3O3S. The topological polar surface area (TPSA) is 79.8 Å². The summed E-state index contributed by atoms with van der Waals surface area (Å²) in [7, 11) is -2.91. The first kappa shape index (κ1) is 22.5. The summed E-state index contributed by atoms with van der Waals surface area (Å²) >= 11 is 3.46. The van der Waals surface area contributed by atoms with Crippen LogP contribution in [0.3, 0.4) is 0 Å². The molecule has 0 aliphatic carbocycles. The van der Waals surface area contributed by atoms with Crippen LogP contribution >= 0.6 is 39.9 Å². The van der Waals surface area contributed by atoms with Gasteiger partial charge in [-0.05, 0) is 48.3 Å². The number of ether oxygens (including phenoxy) is 1. The number of benzene rings is 1. The highest BCUT2D eigenvalue weighted by atomic mass is 127. The van der Waals surface area contributed by atoms with E-state index in [9.17, 15) is 8.42 Å². The van der Waals surface area contributed by atoms with E-state index in [-0.39, 0.29) is 47.6 Å². The van der Waals surface area contributed by atoms with Crippen LogP contribution in [0, 0.1) is 0 Å². The maximum atomic E-state index is 11.6. The van der Waals surface area contributed by atoms with Crippen molar-refractivity contribution in [3.8, 4) is 5.75 Å². The highest BCUT2D eigenvalue weighted by Gasteiger charge is 2.28. The lowest BCUT2D eigenvalue weighted by molar-refractivity contribution is 0.228. The minimum atomic E-state index is -2.91. The quantitative estimate of drug-likeness (QED) is 0.326. The monoisotopic (exact) mass is 545 g/mol. The minimum Gasteiger partial charge on any atom is -0.488 e. The van der Waals surface area contributed by atoms with Gasteiger partial charge in [0.1, 0.15) is 11.9 Å². The first-order valence-electron chi connectivity index (χ1n) is 8.06. The zero-order chi connectivity index (χ0) is 17.6. The van der Waals surface area contributed by atoms with Crippen molar-refractivity contribution in [2.75, 3.05) is 24.6 Å². The molecule has 2 N–H and O–H groups in total. The Hall–Kier alpha value is -0.550. The molecule has 0 aromatic heterocycles. The predicted molar refractivity (Wildman–Crippen MR) is 116 cm³/mol. The second-order valence-corrected chi connectivity index (χ2v) is 8.91. The molecule has 1 aromatic carbocycles. The zero-order valence-electron chi connectivity index (χ0n) is 14.4. The van der Waals surface area contributed by atoms with Crippen LogP contribution in [-0.4, -0.2) is 51.1 Å². The third kappa shape index (κ3) is 7.69. The molecule has 0 spiro atoms. The molecule has 142 valence electrons. The lowest BCUT2D eigenvalue weighted by Crippen LogP contribution is -2.44. The second-order valence-electron chi connectivity index (χ2n) is 5.82. The van der Waals surface area contributed by atoms with Crippen LogP contribution in [-0.2, 0) is 9.84 Å². The Kier molecular flexibility index (Phi) is 9.50. The van der Waals surface area contributed by atoms with Gasteiger partial charge in [-0.2, -0.15) is 0 Å². The molecule has 1 aliphatic heterocycles. The minimum absolute atomic E-state index is 0. The highest BCUT2D eigenvalue weighted by molar-refractivity contribution is 14.0. The van der Waals surface area contributed by atoms with E-state index in [0.29, 0.717) is 25.5 Å². The van der Waals surface area contributed by atoms with Crippen LogP contribution < -0.4 is 15.4 Å². The molecule has 0 amide bonds. The van der Waals surface area contributed by atoms with E-state index in [0.717, 1.165) is 10.2 Å². The molecule has 2 atom stereocenters. The molecule has 2 unspecified atom stereocenters. The van der Waals surface area contributed by atoms with Gasteiger partial charge in [-0.25, -0.2) is 13.4 Å². The average Bonchev–Trinajstić information content (AvgIpc) is 2.86. The number of guanidine groups is 1. The van der Waals surface area contributed by atoms with Crippen molar-refractivity contribution < 1.29 is 13.2 Å². The third-order valence-corrected chi connectivity index (χ3v) is 6.01. The summed E-state index contributed by atoms with van der Waals surface area (Å²) < 4.78 is 29.9. The molecule has 0 saturated carbocycles. The van der Waals surface area contributed by atoms with E-state index in [1.807, 2.05) is 38.1 Å².